The number of rotatable bonds is 5. The molecule has 1 aromatic rings. The van der Waals surface area contributed by atoms with Gasteiger partial charge in [-0.1, -0.05) is 45.0 Å². The topological polar surface area (TPSA) is 43.1 Å². The minimum Gasteiger partial charge on any atom is -0.326 e. The number of hydrogen-bond donors (Lipinski definition) is 1. The van der Waals surface area contributed by atoms with E-state index in [1.165, 1.54) is 5.56 Å². The number of hydrogen-bond acceptors (Lipinski definition) is 2. The summed E-state index contributed by atoms with van der Waals surface area (Å²) in [6.45, 7) is 6.45. The van der Waals surface area contributed by atoms with Gasteiger partial charge in [0.05, 0.1) is 0 Å². The maximum atomic E-state index is 11.2. The Kier molecular flexibility index (Phi) is 8.45. The van der Waals surface area contributed by atoms with E-state index in [4.69, 9.17) is 5.73 Å². The number of Topliss-reactive ketones (excluding diaryl/α,β-unsaturated/α-hetero) is 1. The molecule has 1 rings (SSSR count). The van der Waals surface area contributed by atoms with E-state index >= 15 is 0 Å². The normalized spacial score (nSPS) is 9.25. The molecule has 2 nitrogen and oxygen atoms in total. The standard InChI is InChI=1S/C12H17NO.C2H6/c1-2-12(14)8-7-10-5-3-4-6-11(10)9-13;1-2/h3-6H,2,7-9,13H2,1H3;1-2H3. The van der Waals surface area contributed by atoms with Gasteiger partial charge in [0.15, 0.2) is 0 Å². The van der Waals surface area contributed by atoms with Crippen molar-refractivity contribution in [2.75, 3.05) is 0 Å². The third-order valence-electron chi connectivity index (χ3n) is 2.41. The molecule has 90 valence electrons. The van der Waals surface area contributed by atoms with Gasteiger partial charge >= 0.3 is 0 Å². The molecule has 16 heavy (non-hydrogen) atoms. The van der Waals surface area contributed by atoms with E-state index in [1.54, 1.807) is 0 Å². The van der Waals surface area contributed by atoms with Crippen molar-refractivity contribution in [3.8, 4) is 0 Å². The van der Waals surface area contributed by atoms with Crippen molar-refractivity contribution in [2.24, 2.45) is 5.73 Å². The molecule has 0 amide bonds. The summed E-state index contributed by atoms with van der Waals surface area (Å²) in [5.74, 6) is 0.317. The molecule has 0 heterocycles. The molecule has 2 heteroatoms. The van der Waals surface area contributed by atoms with Crippen LogP contribution in [0, 0.1) is 0 Å². The number of carbonyl (C=O) groups excluding carboxylic acids is 1. The van der Waals surface area contributed by atoms with E-state index in [9.17, 15) is 4.79 Å². The number of carbonyl (C=O) groups is 1. The average molecular weight is 221 g/mol. The predicted molar refractivity (Wildman–Crippen MR) is 69.3 cm³/mol. The Hall–Kier alpha value is -1.15. The molecule has 0 saturated carbocycles. The molecule has 0 bridgehead atoms. The monoisotopic (exact) mass is 221 g/mol. The maximum Gasteiger partial charge on any atom is 0.132 e. The van der Waals surface area contributed by atoms with E-state index in [2.05, 4.69) is 0 Å². The van der Waals surface area contributed by atoms with Crippen LogP contribution in [-0.4, -0.2) is 5.78 Å². The largest absolute Gasteiger partial charge is 0.326 e. The fourth-order valence-electron chi connectivity index (χ4n) is 1.45. The Morgan fingerprint density at radius 3 is 2.25 bits per heavy atom. The molecule has 0 spiro atoms. The van der Waals surface area contributed by atoms with Gasteiger partial charge in [0.1, 0.15) is 5.78 Å². The number of nitrogens with two attached hydrogens (primary N) is 1. The van der Waals surface area contributed by atoms with Crippen LogP contribution in [-0.2, 0) is 17.8 Å². The quantitative estimate of drug-likeness (QED) is 0.830. The minimum absolute atomic E-state index is 0.317. The highest BCUT2D eigenvalue weighted by Gasteiger charge is 2.02. The van der Waals surface area contributed by atoms with Gasteiger partial charge in [-0.25, -0.2) is 0 Å². The first-order valence-corrected chi connectivity index (χ1v) is 6.06. The molecule has 0 aliphatic carbocycles. The van der Waals surface area contributed by atoms with Crippen LogP contribution in [0.2, 0.25) is 0 Å². The van der Waals surface area contributed by atoms with Gasteiger partial charge < -0.3 is 5.73 Å². The summed E-state index contributed by atoms with van der Waals surface area (Å²) in [5, 5.41) is 0. The Morgan fingerprint density at radius 2 is 1.75 bits per heavy atom. The molecule has 0 radical (unpaired) electrons. The van der Waals surface area contributed by atoms with Gasteiger partial charge in [-0.2, -0.15) is 0 Å². The van der Waals surface area contributed by atoms with E-state index in [1.807, 2.05) is 45.0 Å². The highest BCUT2D eigenvalue weighted by atomic mass is 16.1. The lowest BCUT2D eigenvalue weighted by atomic mass is 10.0. The summed E-state index contributed by atoms with van der Waals surface area (Å²) < 4.78 is 0. The molecule has 0 unspecified atom stereocenters. The molecular weight excluding hydrogens is 198 g/mol. The summed E-state index contributed by atoms with van der Waals surface area (Å²) >= 11 is 0. The summed E-state index contributed by atoms with van der Waals surface area (Å²) in [4.78, 5) is 11.2. The molecule has 0 fully saturated rings. The van der Waals surface area contributed by atoms with Gasteiger partial charge in [0.2, 0.25) is 0 Å². The molecule has 0 aliphatic heterocycles. The van der Waals surface area contributed by atoms with E-state index < -0.39 is 0 Å². The SMILES string of the molecule is CC.CCC(=O)CCc1ccccc1CN. The van der Waals surface area contributed by atoms with E-state index in [0.717, 1.165) is 12.0 Å². The van der Waals surface area contributed by atoms with Crippen LogP contribution < -0.4 is 5.73 Å². The Labute approximate surface area is 98.9 Å². The van der Waals surface area contributed by atoms with E-state index in [0.29, 0.717) is 25.2 Å². The van der Waals surface area contributed by atoms with Crippen molar-refractivity contribution in [2.45, 2.75) is 46.6 Å². The minimum atomic E-state index is 0.317. The first-order chi connectivity index (χ1) is 7.77. The first kappa shape index (κ1) is 14.8. The lowest BCUT2D eigenvalue weighted by Crippen LogP contribution is -2.04. The smallest absolute Gasteiger partial charge is 0.132 e. The zero-order valence-corrected chi connectivity index (χ0v) is 10.6. The molecule has 0 aliphatic rings. The highest BCUT2D eigenvalue weighted by molar-refractivity contribution is 5.78. The van der Waals surface area contributed by atoms with Crippen molar-refractivity contribution in [1.82, 2.24) is 0 Å². The lowest BCUT2D eigenvalue weighted by molar-refractivity contribution is -0.118. The van der Waals surface area contributed by atoms with Crippen molar-refractivity contribution in [1.29, 1.82) is 0 Å². The fraction of sp³-hybridized carbons (Fsp3) is 0.500. The second kappa shape index (κ2) is 9.10. The molecule has 2 N–H and O–H groups in total. The molecule has 1 aromatic carbocycles. The Morgan fingerprint density at radius 1 is 1.19 bits per heavy atom. The van der Waals surface area contributed by atoms with Gasteiger partial charge in [-0.15, -0.1) is 0 Å². The molecule has 0 atom stereocenters. The zero-order chi connectivity index (χ0) is 12.4. The van der Waals surface area contributed by atoms with Crippen LogP contribution in [0.3, 0.4) is 0 Å². The Bertz CT molecular complexity index is 307. The van der Waals surface area contributed by atoms with Crippen LogP contribution in [0.1, 0.15) is 44.7 Å². The fourth-order valence-corrected chi connectivity index (χ4v) is 1.45. The summed E-state index contributed by atoms with van der Waals surface area (Å²) in [5.41, 5.74) is 7.96. The van der Waals surface area contributed by atoms with Crippen molar-refractivity contribution < 1.29 is 4.79 Å². The lowest BCUT2D eigenvalue weighted by Gasteiger charge is -2.05. The first-order valence-electron chi connectivity index (χ1n) is 6.06. The van der Waals surface area contributed by atoms with Crippen LogP contribution in [0.4, 0.5) is 0 Å². The van der Waals surface area contributed by atoms with E-state index in [-0.39, 0.29) is 0 Å². The second-order valence-corrected chi connectivity index (χ2v) is 3.37. The molecular formula is C14H23NO. The molecule has 0 saturated heterocycles. The summed E-state index contributed by atoms with van der Waals surface area (Å²) in [6.07, 6.45) is 2.08. The summed E-state index contributed by atoms with van der Waals surface area (Å²) in [7, 11) is 0. The zero-order valence-electron chi connectivity index (χ0n) is 10.6. The Balaban J connectivity index is 0.00000106. The predicted octanol–water partition coefficient (Wildman–Crippen LogP) is 3.08. The third-order valence-corrected chi connectivity index (χ3v) is 2.41. The van der Waals surface area contributed by atoms with Crippen LogP contribution >= 0.6 is 0 Å². The van der Waals surface area contributed by atoms with Gasteiger partial charge in [-0.3, -0.25) is 4.79 Å². The van der Waals surface area contributed by atoms with Gasteiger partial charge in [0.25, 0.3) is 0 Å². The van der Waals surface area contributed by atoms with Crippen LogP contribution in [0.5, 0.6) is 0 Å². The summed E-state index contributed by atoms with van der Waals surface area (Å²) in [6, 6.07) is 8.04. The van der Waals surface area contributed by atoms with Crippen molar-refractivity contribution in [3.05, 3.63) is 35.4 Å². The highest BCUT2D eigenvalue weighted by Crippen LogP contribution is 2.10. The van der Waals surface area contributed by atoms with Crippen LogP contribution in [0.15, 0.2) is 24.3 Å². The molecule has 0 aromatic heterocycles. The number of benzene rings is 1. The third kappa shape index (κ3) is 5.08. The van der Waals surface area contributed by atoms with Crippen LogP contribution in [0.25, 0.3) is 0 Å². The number of ketones is 1. The van der Waals surface area contributed by atoms with Gasteiger partial charge in [-0.05, 0) is 17.5 Å². The second-order valence-electron chi connectivity index (χ2n) is 3.37. The maximum absolute atomic E-state index is 11.2. The van der Waals surface area contributed by atoms with Crippen molar-refractivity contribution >= 4 is 5.78 Å². The van der Waals surface area contributed by atoms with Gasteiger partial charge in [0, 0.05) is 19.4 Å². The average Bonchev–Trinajstić information content (AvgIpc) is 2.38. The number of aryl methyl sites for hydroxylation is 1. The van der Waals surface area contributed by atoms with Crippen molar-refractivity contribution in [3.63, 3.8) is 0 Å².